The zero-order chi connectivity index (χ0) is 24.5. The van der Waals surface area contributed by atoms with E-state index >= 15 is 0 Å². The maximum absolute atomic E-state index is 13.8. The molecule has 0 aliphatic carbocycles. The number of amides is 1. The monoisotopic (exact) mass is 466 g/mol. The van der Waals surface area contributed by atoms with Gasteiger partial charge in [0, 0.05) is 17.9 Å². The number of aromatic nitrogens is 3. The predicted molar refractivity (Wildman–Crippen MR) is 122 cm³/mol. The van der Waals surface area contributed by atoms with Crippen molar-refractivity contribution in [3.8, 4) is 16.9 Å². The van der Waals surface area contributed by atoms with Crippen molar-refractivity contribution in [2.45, 2.75) is 26.6 Å². The van der Waals surface area contributed by atoms with Crippen LogP contribution in [0.15, 0.2) is 71.5 Å². The van der Waals surface area contributed by atoms with Gasteiger partial charge in [0.2, 0.25) is 0 Å². The summed E-state index contributed by atoms with van der Waals surface area (Å²) in [6.07, 6.45) is -4.64. The predicted octanol–water partition coefficient (Wildman–Crippen LogP) is 4.79. The molecule has 0 fully saturated rings. The molecule has 0 bridgehead atoms. The van der Waals surface area contributed by atoms with E-state index in [1.165, 1.54) is 22.9 Å². The molecule has 0 unspecified atom stereocenters. The second kappa shape index (κ2) is 9.01. The summed E-state index contributed by atoms with van der Waals surface area (Å²) in [4.78, 5) is 27.6. The lowest BCUT2D eigenvalue weighted by atomic mass is 10.1. The molecule has 2 N–H and O–H groups in total. The average Bonchev–Trinajstić information content (AvgIpc) is 3.15. The zero-order valence-electron chi connectivity index (χ0n) is 18.4. The molecule has 0 atom stereocenters. The molecular weight excluding hydrogens is 445 g/mol. The highest BCUT2D eigenvalue weighted by Gasteiger charge is 2.34. The average molecular weight is 466 g/mol. The Labute approximate surface area is 193 Å². The molecule has 2 heterocycles. The molecule has 6 nitrogen and oxygen atoms in total. The van der Waals surface area contributed by atoms with Crippen molar-refractivity contribution in [1.82, 2.24) is 20.1 Å². The van der Waals surface area contributed by atoms with Gasteiger partial charge in [-0.2, -0.15) is 18.3 Å². The van der Waals surface area contributed by atoms with Gasteiger partial charge in [0.05, 0.1) is 16.9 Å². The number of H-pyrrole nitrogens is 1. The Bertz CT molecular complexity index is 1410. The van der Waals surface area contributed by atoms with Crippen molar-refractivity contribution >= 4 is 5.91 Å². The molecule has 4 aromatic rings. The number of benzene rings is 2. The first-order valence-electron chi connectivity index (χ1n) is 10.4. The molecule has 9 heteroatoms. The van der Waals surface area contributed by atoms with Crippen molar-refractivity contribution in [3.63, 3.8) is 0 Å². The smallest absolute Gasteiger partial charge is 0.348 e. The summed E-state index contributed by atoms with van der Waals surface area (Å²) in [5.41, 5.74) is 1.12. The van der Waals surface area contributed by atoms with Gasteiger partial charge in [-0.15, -0.1) is 0 Å². The van der Waals surface area contributed by atoms with Gasteiger partial charge < -0.3 is 10.3 Å². The Morgan fingerprint density at radius 3 is 2.38 bits per heavy atom. The summed E-state index contributed by atoms with van der Waals surface area (Å²) in [6.45, 7) is 3.11. The Balaban J connectivity index is 1.56. The van der Waals surface area contributed by atoms with Crippen molar-refractivity contribution in [3.05, 3.63) is 105 Å². The van der Waals surface area contributed by atoms with Crippen molar-refractivity contribution < 1.29 is 18.0 Å². The summed E-state index contributed by atoms with van der Waals surface area (Å²) >= 11 is 0. The number of carbonyl (C=O) groups excluding carboxylic acids is 1. The molecule has 0 saturated heterocycles. The van der Waals surface area contributed by atoms with Crippen LogP contribution in [-0.4, -0.2) is 20.7 Å². The molecule has 174 valence electrons. The summed E-state index contributed by atoms with van der Waals surface area (Å²) in [6, 6.07) is 17.6. The Kier molecular flexibility index (Phi) is 6.10. The normalized spacial score (nSPS) is 11.4. The summed E-state index contributed by atoms with van der Waals surface area (Å²) in [7, 11) is 0. The highest BCUT2D eigenvalue weighted by molar-refractivity contribution is 5.94. The SMILES string of the molecule is Cc1cc(C)n(-c2ccc(CNC(=O)c3ccc(-c4ccccc4)[nH]c3=O)c(C(F)(F)F)c2)n1. The number of halogens is 3. The number of alkyl halides is 3. The molecule has 2 aromatic carbocycles. The van der Waals surface area contributed by atoms with E-state index in [1.807, 2.05) is 18.2 Å². The Morgan fingerprint density at radius 2 is 1.76 bits per heavy atom. The maximum Gasteiger partial charge on any atom is 0.416 e. The van der Waals surface area contributed by atoms with Gasteiger partial charge >= 0.3 is 6.18 Å². The lowest BCUT2D eigenvalue weighted by Gasteiger charge is -2.16. The fourth-order valence-corrected chi connectivity index (χ4v) is 3.71. The number of hydrogen-bond acceptors (Lipinski definition) is 3. The highest BCUT2D eigenvalue weighted by Crippen LogP contribution is 2.33. The summed E-state index contributed by atoms with van der Waals surface area (Å²) in [5, 5.41) is 6.65. The second-order valence-electron chi connectivity index (χ2n) is 7.84. The number of pyridine rings is 1. The van der Waals surface area contributed by atoms with Gasteiger partial charge in [-0.3, -0.25) is 9.59 Å². The largest absolute Gasteiger partial charge is 0.416 e. The second-order valence-corrected chi connectivity index (χ2v) is 7.84. The van der Waals surface area contributed by atoms with E-state index < -0.39 is 29.8 Å². The van der Waals surface area contributed by atoms with Crippen LogP contribution in [0.5, 0.6) is 0 Å². The standard InChI is InChI=1S/C25H21F3N4O2/c1-15-12-16(2)32(31-15)19-9-8-18(21(13-19)25(26,27)28)14-29-23(33)20-10-11-22(30-24(20)34)17-6-4-3-5-7-17/h3-13H,14H2,1-2H3,(H,29,33)(H,30,34). The van der Waals surface area contributed by atoms with Crippen LogP contribution in [0, 0.1) is 13.8 Å². The van der Waals surface area contributed by atoms with Crippen LogP contribution < -0.4 is 10.9 Å². The van der Waals surface area contributed by atoms with E-state index in [-0.39, 0.29) is 16.8 Å². The Morgan fingerprint density at radius 1 is 1.03 bits per heavy atom. The van der Waals surface area contributed by atoms with Gasteiger partial charge in [-0.05, 0) is 55.3 Å². The van der Waals surface area contributed by atoms with E-state index in [4.69, 9.17) is 0 Å². The number of hydrogen-bond donors (Lipinski definition) is 2. The number of aromatic amines is 1. The molecule has 0 spiro atoms. The third-order valence-electron chi connectivity index (χ3n) is 5.33. The third-order valence-corrected chi connectivity index (χ3v) is 5.33. The molecule has 2 aromatic heterocycles. The van der Waals surface area contributed by atoms with Crippen LogP contribution in [0.1, 0.15) is 32.9 Å². The summed E-state index contributed by atoms with van der Waals surface area (Å²) in [5.74, 6) is -0.767. The van der Waals surface area contributed by atoms with Crippen LogP contribution in [0.25, 0.3) is 16.9 Å². The topological polar surface area (TPSA) is 79.8 Å². The molecule has 0 aliphatic rings. The number of nitrogens with zero attached hydrogens (tertiary/aromatic N) is 2. The van der Waals surface area contributed by atoms with Crippen molar-refractivity contribution in [2.75, 3.05) is 0 Å². The van der Waals surface area contributed by atoms with Gasteiger partial charge in [0.15, 0.2) is 0 Å². The van der Waals surface area contributed by atoms with Crippen LogP contribution >= 0.6 is 0 Å². The maximum atomic E-state index is 13.8. The minimum atomic E-state index is -4.64. The molecule has 34 heavy (non-hydrogen) atoms. The first-order valence-corrected chi connectivity index (χ1v) is 10.4. The number of rotatable bonds is 5. The molecule has 1 amide bonds. The lowest BCUT2D eigenvalue weighted by molar-refractivity contribution is -0.138. The molecular formula is C25H21F3N4O2. The van der Waals surface area contributed by atoms with Gasteiger partial charge in [-0.1, -0.05) is 36.4 Å². The molecule has 0 radical (unpaired) electrons. The Hall–Kier alpha value is -4.14. The van der Waals surface area contributed by atoms with E-state index in [1.54, 1.807) is 38.1 Å². The number of aryl methyl sites for hydroxylation is 2. The molecule has 4 rings (SSSR count). The molecule has 0 saturated carbocycles. The van der Waals surface area contributed by atoms with Crippen LogP contribution in [0.4, 0.5) is 13.2 Å². The fraction of sp³-hybridized carbons (Fsp3) is 0.160. The summed E-state index contributed by atoms with van der Waals surface area (Å²) < 4.78 is 42.7. The van der Waals surface area contributed by atoms with Crippen LogP contribution in [0.3, 0.4) is 0 Å². The first kappa shape index (κ1) is 23.0. The molecule has 0 aliphatic heterocycles. The van der Waals surface area contributed by atoms with Gasteiger partial charge in [-0.25, -0.2) is 4.68 Å². The van der Waals surface area contributed by atoms with Crippen LogP contribution in [0.2, 0.25) is 0 Å². The van der Waals surface area contributed by atoms with E-state index in [0.717, 1.165) is 11.6 Å². The first-order chi connectivity index (χ1) is 16.1. The minimum Gasteiger partial charge on any atom is -0.348 e. The zero-order valence-corrected chi connectivity index (χ0v) is 18.4. The highest BCUT2D eigenvalue weighted by atomic mass is 19.4. The van der Waals surface area contributed by atoms with Crippen molar-refractivity contribution in [1.29, 1.82) is 0 Å². The van der Waals surface area contributed by atoms with Gasteiger partial charge in [0.1, 0.15) is 5.56 Å². The third kappa shape index (κ3) is 4.78. The number of carbonyl (C=O) groups is 1. The van der Waals surface area contributed by atoms with Gasteiger partial charge in [0.25, 0.3) is 11.5 Å². The number of nitrogens with one attached hydrogen (secondary N) is 2. The van der Waals surface area contributed by atoms with E-state index in [2.05, 4.69) is 15.4 Å². The minimum absolute atomic E-state index is 0.122. The van der Waals surface area contributed by atoms with E-state index in [9.17, 15) is 22.8 Å². The van der Waals surface area contributed by atoms with Crippen LogP contribution in [-0.2, 0) is 12.7 Å². The fourth-order valence-electron chi connectivity index (χ4n) is 3.71. The van der Waals surface area contributed by atoms with E-state index in [0.29, 0.717) is 17.1 Å². The quantitative estimate of drug-likeness (QED) is 0.444. The lowest BCUT2D eigenvalue weighted by Crippen LogP contribution is -2.30. The van der Waals surface area contributed by atoms with Crippen molar-refractivity contribution in [2.24, 2.45) is 0 Å².